The van der Waals surface area contributed by atoms with Gasteiger partial charge in [0.15, 0.2) is 5.58 Å². The molecule has 1 aromatic carbocycles. The van der Waals surface area contributed by atoms with E-state index in [0.29, 0.717) is 5.92 Å². The molecule has 3 aromatic rings. The molecule has 2 nitrogen and oxygen atoms in total. The second kappa shape index (κ2) is 4.00. The maximum absolute atomic E-state index is 5.28. The van der Waals surface area contributed by atoms with E-state index < -0.39 is 0 Å². The summed E-state index contributed by atoms with van der Waals surface area (Å²) in [5.41, 5.74) is 4.29. The molecule has 0 fully saturated rings. The topological polar surface area (TPSA) is 26.0 Å². The molecule has 86 valence electrons. The van der Waals surface area contributed by atoms with E-state index in [4.69, 9.17) is 4.52 Å². The van der Waals surface area contributed by atoms with Crippen LogP contribution in [0.5, 0.6) is 0 Å². The van der Waals surface area contributed by atoms with Gasteiger partial charge in [0.2, 0.25) is 0 Å². The van der Waals surface area contributed by atoms with Crippen LogP contribution in [0.3, 0.4) is 0 Å². The average Bonchev–Trinajstić information content (AvgIpc) is 2.90. The molecular formula is C14H13NOS. The molecule has 0 amide bonds. The molecule has 0 saturated carbocycles. The van der Waals surface area contributed by atoms with Gasteiger partial charge in [-0.05, 0) is 22.9 Å². The van der Waals surface area contributed by atoms with Gasteiger partial charge in [0, 0.05) is 5.56 Å². The Morgan fingerprint density at radius 2 is 1.88 bits per heavy atom. The van der Waals surface area contributed by atoms with Gasteiger partial charge < -0.3 is 4.52 Å². The van der Waals surface area contributed by atoms with Crippen LogP contribution in [0.1, 0.15) is 25.3 Å². The molecule has 0 aliphatic carbocycles. The molecule has 0 saturated heterocycles. The van der Waals surface area contributed by atoms with Crippen LogP contribution in [0.25, 0.3) is 21.5 Å². The second-order valence-electron chi connectivity index (χ2n) is 4.42. The molecule has 0 aliphatic heterocycles. The lowest BCUT2D eigenvalue weighted by atomic mass is 10.0. The maximum atomic E-state index is 5.28. The number of aromatic nitrogens is 1. The third kappa shape index (κ3) is 1.76. The Morgan fingerprint density at radius 3 is 2.59 bits per heavy atom. The zero-order valence-corrected chi connectivity index (χ0v) is 10.6. The van der Waals surface area contributed by atoms with Crippen molar-refractivity contribution in [2.24, 2.45) is 0 Å². The lowest BCUT2D eigenvalue weighted by Crippen LogP contribution is -1.86. The van der Waals surface area contributed by atoms with Crippen LogP contribution in [0, 0.1) is 0 Å². The summed E-state index contributed by atoms with van der Waals surface area (Å²) in [6.45, 7) is 4.39. The van der Waals surface area contributed by atoms with Crippen molar-refractivity contribution in [2.75, 3.05) is 0 Å². The van der Waals surface area contributed by atoms with Crippen molar-refractivity contribution in [3.8, 4) is 11.3 Å². The minimum absolute atomic E-state index is 0.558. The van der Waals surface area contributed by atoms with Gasteiger partial charge in [-0.1, -0.05) is 43.3 Å². The Labute approximate surface area is 104 Å². The summed E-state index contributed by atoms with van der Waals surface area (Å²) in [6, 6.07) is 10.5. The first-order valence-electron chi connectivity index (χ1n) is 5.69. The van der Waals surface area contributed by atoms with E-state index in [0.717, 1.165) is 21.5 Å². The molecule has 17 heavy (non-hydrogen) atoms. The minimum atomic E-state index is 0.558. The van der Waals surface area contributed by atoms with E-state index in [1.54, 1.807) is 11.3 Å². The van der Waals surface area contributed by atoms with Crippen molar-refractivity contribution in [2.45, 2.75) is 19.8 Å². The Bertz CT molecular complexity index is 634. The predicted molar refractivity (Wildman–Crippen MR) is 71.4 cm³/mol. The fourth-order valence-corrected chi connectivity index (χ4v) is 2.70. The molecule has 0 aliphatic rings. The van der Waals surface area contributed by atoms with Crippen LogP contribution >= 0.6 is 11.3 Å². The first kappa shape index (κ1) is 10.5. The Morgan fingerprint density at radius 1 is 1.12 bits per heavy atom. The molecule has 0 unspecified atom stereocenters. The summed E-state index contributed by atoms with van der Waals surface area (Å²) in [5, 5.41) is 6.17. The molecule has 0 N–H and O–H groups in total. The average molecular weight is 243 g/mol. The number of nitrogens with zero attached hydrogens (tertiary/aromatic N) is 1. The normalized spacial score (nSPS) is 11.5. The second-order valence-corrected chi connectivity index (χ2v) is 5.34. The molecule has 0 spiro atoms. The number of rotatable bonds is 2. The quantitative estimate of drug-likeness (QED) is 0.653. The van der Waals surface area contributed by atoms with Crippen molar-refractivity contribution in [1.82, 2.24) is 5.16 Å². The van der Waals surface area contributed by atoms with Gasteiger partial charge in [0.05, 0.1) is 0 Å². The van der Waals surface area contributed by atoms with Crippen molar-refractivity contribution in [3.63, 3.8) is 0 Å². The summed E-state index contributed by atoms with van der Waals surface area (Å²) in [4.78, 5) is 0. The van der Waals surface area contributed by atoms with Crippen LogP contribution in [-0.2, 0) is 0 Å². The lowest BCUT2D eigenvalue weighted by Gasteiger charge is -2.05. The third-order valence-corrected chi connectivity index (χ3v) is 3.83. The molecule has 0 radical (unpaired) electrons. The van der Waals surface area contributed by atoms with Crippen LogP contribution in [0.4, 0.5) is 0 Å². The van der Waals surface area contributed by atoms with Gasteiger partial charge in [-0.2, -0.15) is 0 Å². The van der Waals surface area contributed by atoms with E-state index in [2.05, 4.69) is 43.3 Å². The highest BCUT2D eigenvalue weighted by atomic mass is 32.1. The Kier molecular flexibility index (Phi) is 2.48. The van der Waals surface area contributed by atoms with Gasteiger partial charge in [0.1, 0.15) is 10.4 Å². The summed E-state index contributed by atoms with van der Waals surface area (Å²) >= 11 is 1.67. The van der Waals surface area contributed by atoms with Gasteiger partial charge >= 0.3 is 0 Å². The monoisotopic (exact) mass is 243 g/mol. The van der Waals surface area contributed by atoms with E-state index in [9.17, 15) is 0 Å². The van der Waals surface area contributed by atoms with E-state index in [1.807, 2.05) is 11.4 Å². The van der Waals surface area contributed by atoms with Crippen molar-refractivity contribution >= 4 is 21.6 Å². The lowest BCUT2D eigenvalue weighted by molar-refractivity contribution is 0.459. The number of thiophene rings is 1. The highest BCUT2D eigenvalue weighted by Gasteiger charge is 2.11. The fraction of sp³-hybridized carbons (Fsp3) is 0.214. The third-order valence-electron chi connectivity index (χ3n) is 2.93. The van der Waals surface area contributed by atoms with Crippen LogP contribution in [0.2, 0.25) is 0 Å². The van der Waals surface area contributed by atoms with Gasteiger partial charge in [-0.3, -0.25) is 0 Å². The summed E-state index contributed by atoms with van der Waals surface area (Å²) < 4.78 is 6.41. The van der Waals surface area contributed by atoms with Gasteiger partial charge in [-0.25, -0.2) is 0 Å². The largest absolute Gasteiger partial charge is 0.355 e. The number of benzene rings is 1. The summed E-state index contributed by atoms with van der Waals surface area (Å²) in [6.07, 6.45) is 0. The zero-order chi connectivity index (χ0) is 11.8. The Hall–Kier alpha value is -1.61. The van der Waals surface area contributed by atoms with Gasteiger partial charge in [-0.15, -0.1) is 11.3 Å². The van der Waals surface area contributed by atoms with E-state index in [-0.39, 0.29) is 0 Å². The van der Waals surface area contributed by atoms with Crippen molar-refractivity contribution < 1.29 is 4.52 Å². The number of hydrogen-bond acceptors (Lipinski definition) is 3. The van der Waals surface area contributed by atoms with Crippen molar-refractivity contribution in [1.29, 1.82) is 0 Å². The highest BCUT2D eigenvalue weighted by molar-refractivity contribution is 7.17. The SMILES string of the molecule is CC(C)c1ccc(-c2noc3ccsc23)cc1. The van der Waals surface area contributed by atoms with Crippen LogP contribution in [-0.4, -0.2) is 5.16 Å². The van der Waals surface area contributed by atoms with E-state index in [1.165, 1.54) is 5.56 Å². The molecule has 3 heteroatoms. The molecule has 2 aromatic heterocycles. The fourth-order valence-electron chi connectivity index (χ4n) is 1.89. The maximum Gasteiger partial charge on any atom is 0.178 e. The number of fused-ring (bicyclic) bond motifs is 1. The molecule has 3 rings (SSSR count). The first-order valence-corrected chi connectivity index (χ1v) is 6.57. The smallest absolute Gasteiger partial charge is 0.178 e. The summed E-state index contributed by atoms with van der Waals surface area (Å²) in [5.74, 6) is 0.558. The highest BCUT2D eigenvalue weighted by Crippen LogP contribution is 2.32. The summed E-state index contributed by atoms with van der Waals surface area (Å²) in [7, 11) is 0. The van der Waals surface area contributed by atoms with E-state index >= 15 is 0 Å². The number of hydrogen-bond donors (Lipinski definition) is 0. The molecule has 2 heterocycles. The van der Waals surface area contributed by atoms with Crippen molar-refractivity contribution in [3.05, 3.63) is 41.3 Å². The van der Waals surface area contributed by atoms with Crippen LogP contribution in [0.15, 0.2) is 40.2 Å². The molecule has 0 atom stereocenters. The van der Waals surface area contributed by atoms with Crippen LogP contribution < -0.4 is 0 Å². The molecular weight excluding hydrogens is 230 g/mol. The standard InChI is InChI=1S/C14H13NOS/c1-9(2)10-3-5-11(6-4-10)13-14-12(16-15-13)7-8-17-14/h3-9H,1-2H3. The van der Waals surface area contributed by atoms with Gasteiger partial charge in [0.25, 0.3) is 0 Å². The predicted octanol–water partition coefficient (Wildman–Crippen LogP) is 4.68. The molecule has 0 bridgehead atoms. The minimum Gasteiger partial charge on any atom is -0.355 e. The first-order chi connectivity index (χ1) is 8.25. The Balaban J connectivity index is 2.07. The zero-order valence-electron chi connectivity index (χ0n) is 9.81.